The fourth-order valence-electron chi connectivity index (χ4n) is 2.38. The largest absolute Gasteiger partial charge is 0.496 e. The molecule has 1 N–H and O–H groups in total. The van der Waals surface area contributed by atoms with Gasteiger partial charge in [0.25, 0.3) is 0 Å². The van der Waals surface area contributed by atoms with Crippen molar-refractivity contribution in [1.29, 1.82) is 0 Å². The average Bonchev–Trinajstić information content (AvgIpc) is 2.47. The molecule has 2 rings (SSSR count). The Bertz CT molecular complexity index is 554. The molecular formula is C17H22N2O. The minimum atomic E-state index is 0.205. The number of ether oxygens (including phenoxy) is 1. The molecule has 106 valence electrons. The van der Waals surface area contributed by atoms with E-state index >= 15 is 0 Å². The number of likely N-dealkylation sites (N-methyl/N-ethyl adjacent to an activating group) is 1. The van der Waals surface area contributed by atoms with Crippen molar-refractivity contribution in [3.63, 3.8) is 0 Å². The Hall–Kier alpha value is -1.87. The lowest BCUT2D eigenvalue weighted by Crippen LogP contribution is -2.24. The third-order valence-corrected chi connectivity index (χ3v) is 3.33. The highest BCUT2D eigenvalue weighted by atomic mass is 16.5. The van der Waals surface area contributed by atoms with Gasteiger partial charge in [-0.2, -0.15) is 0 Å². The summed E-state index contributed by atoms with van der Waals surface area (Å²) in [5, 5.41) is 3.51. The number of para-hydroxylation sites is 1. The lowest BCUT2D eigenvalue weighted by molar-refractivity contribution is 0.405. The van der Waals surface area contributed by atoms with Gasteiger partial charge in [-0.1, -0.05) is 31.2 Å². The molecule has 1 atom stereocenters. The quantitative estimate of drug-likeness (QED) is 0.874. The number of pyridine rings is 1. The van der Waals surface area contributed by atoms with Gasteiger partial charge in [-0.15, -0.1) is 0 Å². The van der Waals surface area contributed by atoms with E-state index in [2.05, 4.69) is 35.4 Å². The minimum absolute atomic E-state index is 0.205. The number of hydrogen-bond donors (Lipinski definition) is 1. The van der Waals surface area contributed by atoms with E-state index < -0.39 is 0 Å². The first-order valence-electron chi connectivity index (χ1n) is 7.03. The summed E-state index contributed by atoms with van der Waals surface area (Å²) in [6.07, 6.45) is 0.869. The van der Waals surface area contributed by atoms with Gasteiger partial charge in [0.05, 0.1) is 18.8 Å². The van der Waals surface area contributed by atoms with Gasteiger partial charge in [0.2, 0.25) is 0 Å². The van der Waals surface area contributed by atoms with E-state index in [1.165, 1.54) is 5.56 Å². The Morgan fingerprint density at radius 3 is 2.65 bits per heavy atom. The molecule has 0 amide bonds. The third kappa shape index (κ3) is 3.58. The molecule has 0 saturated carbocycles. The maximum absolute atomic E-state index is 5.44. The summed E-state index contributed by atoms with van der Waals surface area (Å²) in [6, 6.07) is 14.5. The predicted octanol–water partition coefficient (Wildman–Crippen LogP) is 3.29. The van der Waals surface area contributed by atoms with E-state index in [-0.39, 0.29) is 6.04 Å². The van der Waals surface area contributed by atoms with Gasteiger partial charge in [0.1, 0.15) is 5.75 Å². The van der Waals surface area contributed by atoms with Gasteiger partial charge < -0.3 is 10.1 Å². The van der Waals surface area contributed by atoms with E-state index in [1.54, 1.807) is 7.11 Å². The number of hydrogen-bond acceptors (Lipinski definition) is 3. The molecule has 0 bridgehead atoms. The smallest absolute Gasteiger partial charge is 0.122 e. The molecule has 20 heavy (non-hydrogen) atoms. The molecule has 2 aromatic rings. The fraction of sp³-hybridized carbons (Fsp3) is 0.353. The molecule has 1 aromatic heterocycles. The van der Waals surface area contributed by atoms with Crippen LogP contribution in [0.5, 0.6) is 5.75 Å². The number of aryl methyl sites for hydroxylation is 1. The van der Waals surface area contributed by atoms with Crippen LogP contribution in [-0.2, 0) is 6.42 Å². The van der Waals surface area contributed by atoms with Crippen molar-refractivity contribution in [2.75, 3.05) is 13.7 Å². The molecule has 0 aliphatic carbocycles. The van der Waals surface area contributed by atoms with Gasteiger partial charge >= 0.3 is 0 Å². The molecule has 1 heterocycles. The Balaban J connectivity index is 2.25. The van der Waals surface area contributed by atoms with Crippen molar-refractivity contribution in [2.24, 2.45) is 0 Å². The molecule has 0 saturated heterocycles. The second-order valence-electron chi connectivity index (χ2n) is 4.83. The number of nitrogens with zero attached hydrogens (tertiary/aromatic N) is 1. The predicted molar refractivity (Wildman–Crippen MR) is 82.1 cm³/mol. The molecule has 0 radical (unpaired) electrons. The molecule has 1 aromatic carbocycles. The summed E-state index contributed by atoms with van der Waals surface area (Å²) in [7, 11) is 1.71. The van der Waals surface area contributed by atoms with Crippen molar-refractivity contribution in [2.45, 2.75) is 26.3 Å². The molecule has 3 nitrogen and oxygen atoms in total. The lowest BCUT2D eigenvalue weighted by atomic mass is 10.0. The third-order valence-electron chi connectivity index (χ3n) is 3.33. The van der Waals surface area contributed by atoms with Crippen LogP contribution in [0.25, 0.3) is 0 Å². The van der Waals surface area contributed by atoms with Gasteiger partial charge in [0, 0.05) is 5.69 Å². The number of benzene rings is 1. The summed E-state index contributed by atoms with van der Waals surface area (Å²) < 4.78 is 5.44. The van der Waals surface area contributed by atoms with Gasteiger partial charge in [-0.25, -0.2) is 0 Å². The Morgan fingerprint density at radius 1 is 1.15 bits per heavy atom. The maximum atomic E-state index is 5.44. The van der Waals surface area contributed by atoms with E-state index in [4.69, 9.17) is 4.74 Å². The van der Waals surface area contributed by atoms with E-state index in [0.717, 1.165) is 30.1 Å². The molecule has 0 aliphatic rings. The molecule has 3 heteroatoms. The van der Waals surface area contributed by atoms with Crippen molar-refractivity contribution in [3.8, 4) is 5.75 Å². The van der Waals surface area contributed by atoms with Crippen LogP contribution >= 0.6 is 0 Å². The maximum Gasteiger partial charge on any atom is 0.122 e. The van der Waals surface area contributed by atoms with E-state index in [1.807, 2.05) is 31.2 Å². The second kappa shape index (κ2) is 7.06. The van der Waals surface area contributed by atoms with Crippen molar-refractivity contribution in [1.82, 2.24) is 10.3 Å². The van der Waals surface area contributed by atoms with E-state index in [0.29, 0.717) is 0 Å². The number of rotatable bonds is 6. The molecular weight excluding hydrogens is 248 g/mol. The zero-order chi connectivity index (χ0) is 14.4. The van der Waals surface area contributed by atoms with Crippen molar-refractivity contribution >= 4 is 0 Å². The topological polar surface area (TPSA) is 34.1 Å². The summed E-state index contributed by atoms with van der Waals surface area (Å²) in [6.45, 7) is 5.05. The molecule has 0 spiro atoms. The monoisotopic (exact) mass is 270 g/mol. The Morgan fingerprint density at radius 2 is 1.95 bits per heavy atom. The van der Waals surface area contributed by atoms with Crippen molar-refractivity contribution in [3.05, 3.63) is 59.4 Å². The first kappa shape index (κ1) is 14.5. The van der Waals surface area contributed by atoms with Crippen LogP contribution in [0, 0.1) is 6.92 Å². The lowest BCUT2D eigenvalue weighted by Gasteiger charge is -2.19. The van der Waals surface area contributed by atoms with Crippen LogP contribution in [0.4, 0.5) is 0 Å². The SMILES string of the molecule is CCNC(Cc1ccccc1OC)c1cccc(C)n1. The number of aromatic nitrogens is 1. The van der Waals surface area contributed by atoms with Crippen molar-refractivity contribution < 1.29 is 4.74 Å². The normalized spacial score (nSPS) is 12.2. The minimum Gasteiger partial charge on any atom is -0.496 e. The highest BCUT2D eigenvalue weighted by Gasteiger charge is 2.15. The first-order chi connectivity index (χ1) is 9.74. The number of nitrogens with one attached hydrogen (secondary N) is 1. The van der Waals surface area contributed by atoms with Gasteiger partial charge in [0.15, 0.2) is 0 Å². The van der Waals surface area contributed by atoms with Crippen LogP contribution < -0.4 is 10.1 Å². The second-order valence-corrected chi connectivity index (χ2v) is 4.83. The van der Waals surface area contributed by atoms with Gasteiger partial charge in [-0.3, -0.25) is 4.98 Å². The van der Waals surface area contributed by atoms with E-state index in [9.17, 15) is 0 Å². The average molecular weight is 270 g/mol. The highest BCUT2D eigenvalue weighted by molar-refractivity contribution is 5.34. The molecule has 1 unspecified atom stereocenters. The zero-order valence-corrected chi connectivity index (χ0v) is 12.4. The summed E-state index contributed by atoms with van der Waals surface area (Å²) in [4.78, 5) is 4.64. The first-order valence-corrected chi connectivity index (χ1v) is 7.03. The zero-order valence-electron chi connectivity index (χ0n) is 12.4. The Kier molecular flexibility index (Phi) is 5.13. The molecule has 0 aliphatic heterocycles. The van der Waals surface area contributed by atoms with Gasteiger partial charge in [-0.05, 0) is 43.7 Å². The van der Waals surface area contributed by atoms with Crippen LogP contribution in [-0.4, -0.2) is 18.6 Å². The van der Waals surface area contributed by atoms with Crippen LogP contribution in [0.15, 0.2) is 42.5 Å². The van der Waals surface area contributed by atoms with Crippen LogP contribution in [0.3, 0.4) is 0 Å². The van der Waals surface area contributed by atoms with Crippen LogP contribution in [0.2, 0.25) is 0 Å². The fourth-order valence-corrected chi connectivity index (χ4v) is 2.38. The van der Waals surface area contributed by atoms with Crippen LogP contribution in [0.1, 0.15) is 29.9 Å². The highest BCUT2D eigenvalue weighted by Crippen LogP contribution is 2.24. The summed E-state index contributed by atoms with van der Waals surface area (Å²) in [5.41, 5.74) is 3.33. The summed E-state index contributed by atoms with van der Waals surface area (Å²) in [5.74, 6) is 0.933. The molecule has 0 fully saturated rings. The standard InChI is InChI=1S/C17H22N2O/c1-4-18-16(15-10-7-8-13(2)19-15)12-14-9-5-6-11-17(14)20-3/h5-11,16,18H,4,12H2,1-3H3. The summed E-state index contributed by atoms with van der Waals surface area (Å²) >= 11 is 0. The Labute approximate surface area is 121 Å². The number of methoxy groups -OCH3 is 1.